The van der Waals surface area contributed by atoms with Crippen LogP contribution in [0.4, 0.5) is 5.82 Å². The Balaban J connectivity index is 3.09. The van der Waals surface area contributed by atoms with Crippen molar-refractivity contribution in [3.05, 3.63) is 22.1 Å². The topological polar surface area (TPSA) is 87.6 Å². The van der Waals surface area contributed by atoms with Crippen LogP contribution < -0.4 is 11.3 Å². The third-order valence-corrected chi connectivity index (χ3v) is 1.84. The molecule has 4 N–H and O–H groups in total. The van der Waals surface area contributed by atoms with Crippen LogP contribution in [0.25, 0.3) is 10.9 Å². The molecule has 0 amide bonds. The number of hydrogen-bond donors (Lipinski definition) is 3. The fourth-order valence-corrected chi connectivity index (χ4v) is 1.25. The lowest BCUT2D eigenvalue weighted by Gasteiger charge is -1.93. The Morgan fingerprint density at radius 1 is 1.58 bits per heavy atom. The molecule has 0 radical (unpaired) electrons. The summed E-state index contributed by atoms with van der Waals surface area (Å²) < 4.78 is 0. The highest BCUT2D eigenvalue weighted by molar-refractivity contribution is 5.90. The molecular formula is C7H8N4O. The van der Waals surface area contributed by atoms with Gasteiger partial charge in [0.25, 0.3) is 5.56 Å². The van der Waals surface area contributed by atoms with Crippen molar-refractivity contribution in [2.45, 2.75) is 6.92 Å². The summed E-state index contributed by atoms with van der Waals surface area (Å²) in [6, 6.07) is 0. The molecule has 0 atom stereocenters. The molecular weight excluding hydrogens is 156 g/mol. The first-order valence-electron chi connectivity index (χ1n) is 3.52. The van der Waals surface area contributed by atoms with E-state index < -0.39 is 0 Å². The van der Waals surface area contributed by atoms with E-state index in [9.17, 15) is 4.79 Å². The number of aromatic amines is 2. The second-order valence-electron chi connectivity index (χ2n) is 2.66. The zero-order chi connectivity index (χ0) is 8.72. The van der Waals surface area contributed by atoms with E-state index in [1.54, 1.807) is 6.20 Å². The number of anilines is 1. The van der Waals surface area contributed by atoms with Gasteiger partial charge in [-0.1, -0.05) is 0 Å². The maximum atomic E-state index is 11.1. The maximum absolute atomic E-state index is 11.1. The number of nitrogens with two attached hydrogens (primary N) is 1. The lowest BCUT2D eigenvalue weighted by molar-refractivity contribution is 1.02. The second kappa shape index (κ2) is 2.10. The van der Waals surface area contributed by atoms with E-state index in [1.165, 1.54) is 0 Å². The van der Waals surface area contributed by atoms with E-state index in [0.29, 0.717) is 16.7 Å². The van der Waals surface area contributed by atoms with Gasteiger partial charge in [-0.2, -0.15) is 5.10 Å². The van der Waals surface area contributed by atoms with Crippen LogP contribution in [0, 0.1) is 6.92 Å². The molecule has 0 aliphatic heterocycles. The van der Waals surface area contributed by atoms with Crippen molar-refractivity contribution in [3.8, 4) is 0 Å². The van der Waals surface area contributed by atoms with Gasteiger partial charge in [0.05, 0.1) is 5.39 Å². The van der Waals surface area contributed by atoms with Crippen molar-refractivity contribution < 1.29 is 0 Å². The summed E-state index contributed by atoms with van der Waals surface area (Å²) in [5, 5.41) is 6.66. The standard InChI is InChI=1S/C7H8N4O/c1-3-2-9-5-4(3)6(8)10-11-7(5)12/h2,9H,1H3,(H2,8,10)(H,11,12). The average molecular weight is 164 g/mol. The molecule has 0 saturated heterocycles. The van der Waals surface area contributed by atoms with Crippen molar-refractivity contribution in [1.82, 2.24) is 15.2 Å². The number of H-pyrrole nitrogens is 2. The van der Waals surface area contributed by atoms with Gasteiger partial charge in [0.15, 0.2) is 5.82 Å². The zero-order valence-electron chi connectivity index (χ0n) is 6.51. The molecule has 0 fully saturated rings. The van der Waals surface area contributed by atoms with Gasteiger partial charge in [-0.05, 0) is 12.5 Å². The first-order chi connectivity index (χ1) is 5.70. The fourth-order valence-electron chi connectivity index (χ4n) is 1.25. The zero-order valence-corrected chi connectivity index (χ0v) is 6.51. The van der Waals surface area contributed by atoms with Crippen molar-refractivity contribution >= 4 is 16.7 Å². The number of nitrogens with one attached hydrogen (secondary N) is 2. The molecule has 2 rings (SSSR count). The van der Waals surface area contributed by atoms with Gasteiger partial charge in [0.2, 0.25) is 0 Å². The molecule has 0 aromatic carbocycles. The van der Waals surface area contributed by atoms with Crippen LogP contribution in [-0.2, 0) is 0 Å². The first kappa shape index (κ1) is 6.90. The molecule has 62 valence electrons. The highest BCUT2D eigenvalue weighted by atomic mass is 16.1. The molecule has 5 heteroatoms. The van der Waals surface area contributed by atoms with Crippen LogP contribution in [-0.4, -0.2) is 15.2 Å². The summed E-state index contributed by atoms with van der Waals surface area (Å²) in [7, 11) is 0. The number of aryl methyl sites for hydroxylation is 1. The van der Waals surface area contributed by atoms with Gasteiger partial charge < -0.3 is 10.7 Å². The lowest BCUT2D eigenvalue weighted by atomic mass is 10.2. The predicted octanol–water partition coefficient (Wildman–Crippen LogP) is 0.142. The second-order valence-corrected chi connectivity index (χ2v) is 2.66. The summed E-state index contributed by atoms with van der Waals surface area (Å²) in [6.45, 7) is 1.87. The predicted molar refractivity (Wildman–Crippen MR) is 45.9 cm³/mol. The number of nitrogens with zero attached hydrogens (tertiary/aromatic N) is 1. The summed E-state index contributed by atoms with van der Waals surface area (Å²) in [6.07, 6.45) is 1.73. The third-order valence-electron chi connectivity index (χ3n) is 1.84. The molecule has 12 heavy (non-hydrogen) atoms. The molecule has 0 spiro atoms. The molecule has 0 aliphatic rings. The summed E-state index contributed by atoms with van der Waals surface area (Å²) in [5.41, 5.74) is 6.74. The minimum absolute atomic E-state index is 0.243. The smallest absolute Gasteiger partial charge is 0.288 e. The Labute approximate surface area is 67.6 Å². The molecule has 5 nitrogen and oxygen atoms in total. The van der Waals surface area contributed by atoms with E-state index in [-0.39, 0.29) is 5.56 Å². The largest absolute Gasteiger partial charge is 0.382 e. The highest BCUT2D eigenvalue weighted by Crippen LogP contribution is 2.17. The van der Waals surface area contributed by atoms with E-state index in [4.69, 9.17) is 5.73 Å². The number of nitrogen functional groups attached to an aromatic ring is 1. The highest BCUT2D eigenvalue weighted by Gasteiger charge is 2.06. The van der Waals surface area contributed by atoms with Crippen molar-refractivity contribution in [1.29, 1.82) is 0 Å². The minimum Gasteiger partial charge on any atom is -0.382 e. The van der Waals surface area contributed by atoms with Crippen molar-refractivity contribution in [3.63, 3.8) is 0 Å². The van der Waals surface area contributed by atoms with Gasteiger partial charge in [0, 0.05) is 6.20 Å². The Morgan fingerprint density at radius 3 is 3.00 bits per heavy atom. The average Bonchev–Trinajstić information content (AvgIpc) is 2.42. The molecule has 0 aliphatic carbocycles. The monoisotopic (exact) mass is 164 g/mol. The lowest BCUT2D eigenvalue weighted by Crippen LogP contribution is -2.10. The van der Waals surface area contributed by atoms with Crippen LogP contribution in [0.15, 0.2) is 11.0 Å². The van der Waals surface area contributed by atoms with Crippen molar-refractivity contribution in [2.24, 2.45) is 0 Å². The quantitative estimate of drug-likeness (QED) is 0.517. The third kappa shape index (κ3) is 0.730. The van der Waals surface area contributed by atoms with Crippen LogP contribution in [0.3, 0.4) is 0 Å². The van der Waals surface area contributed by atoms with E-state index in [1.807, 2.05) is 6.92 Å². The van der Waals surface area contributed by atoms with Gasteiger partial charge in [-0.25, -0.2) is 5.10 Å². The molecule has 0 bridgehead atoms. The number of fused-ring (bicyclic) bond motifs is 1. The molecule has 0 saturated carbocycles. The normalized spacial score (nSPS) is 10.8. The maximum Gasteiger partial charge on any atom is 0.288 e. The molecule has 2 heterocycles. The van der Waals surface area contributed by atoms with Crippen LogP contribution in [0.2, 0.25) is 0 Å². The Kier molecular flexibility index (Phi) is 1.21. The Morgan fingerprint density at radius 2 is 2.33 bits per heavy atom. The van der Waals surface area contributed by atoms with Crippen molar-refractivity contribution in [2.75, 3.05) is 5.73 Å². The molecule has 0 unspecified atom stereocenters. The van der Waals surface area contributed by atoms with Crippen LogP contribution in [0.1, 0.15) is 5.56 Å². The van der Waals surface area contributed by atoms with Gasteiger partial charge in [-0.15, -0.1) is 0 Å². The van der Waals surface area contributed by atoms with E-state index in [2.05, 4.69) is 15.2 Å². The summed E-state index contributed by atoms with van der Waals surface area (Å²) >= 11 is 0. The number of rotatable bonds is 0. The van der Waals surface area contributed by atoms with Gasteiger partial charge in [-0.3, -0.25) is 4.79 Å². The summed E-state index contributed by atoms with van der Waals surface area (Å²) in [5.74, 6) is 0.350. The number of hydrogen-bond acceptors (Lipinski definition) is 3. The Hall–Kier alpha value is -1.78. The SMILES string of the molecule is Cc1c[nH]c2c(=O)[nH]nc(N)c12. The molecule has 2 aromatic heterocycles. The number of aromatic nitrogens is 3. The molecule has 2 aromatic rings. The van der Waals surface area contributed by atoms with Gasteiger partial charge in [0.1, 0.15) is 5.52 Å². The van der Waals surface area contributed by atoms with Gasteiger partial charge >= 0.3 is 0 Å². The summed E-state index contributed by atoms with van der Waals surface area (Å²) in [4.78, 5) is 14.0. The first-order valence-corrected chi connectivity index (χ1v) is 3.52. The van der Waals surface area contributed by atoms with E-state index >= 15 is 0 Å². The van der Waals surface area contributed by atoms with E-state index in [0.717, 1.165) is 5.56 Å². The van der Waals surface area contributed by atoms with Crippen LogP contribution >= 0.6 is 0 Å². The fraction of sp³-hybridized carbons (Fsp3) is 0.143. The van der Waals surface area contributed by atoms with Crippen LogP contribution in [0.5, 0.6) is 0 Å². The Bertz CT molecular complexity index is 482. The minimum atomic E-state index is -0.243.